The summed E-state index contributed by atoms with van der Waals surface area (Å²) in [5.74, 6) is 0.287. The molecular formula is C26H20ClFN4O2. The van der Waals surface area contributed by atoms with Crippen LogP contribution in [0, 0.1) is 12.7 Å². The van der Waals surface area contributed by atoms with Crippen molar-refractivity contribution in [3.8, 4) is 11.4 Å². The maximum atomic E-state index is 13.6. The van der Waals surface area contributed by atoms with Gasteiger partial charge in [0.1, 0.15) is 5.82 Å². The van der Waals surface area contributed by atoms with Crippen LogP contribution in [0.4, 0.5) is 14.9 Å². The topological polar surface area (TPSA) is 71.3 Å². The van der Waals surface area contributed by atoms with E-state index in [4.69, 9.17) is 16.1 Å². The summed E-state index contributed by atoms with van der Waals surface area (Å²) >= 11 is 6.00. The van der Waals surface area contributed by atoms with E-state index in [1.54, 1.807) is 41.3 Å². The van der Waals surface area contributed by atoms with E-state index in [0.717, 1.165) is 11.1 Å². The number of carbonyl (C=O) groups is 1. The SMILES string of the molecule is CC1=C(c2nc(-c3ccc(Cl)cc3)no2)C(c2ccc(F)cc2)NC(=O)N1c1ccc(C)cc1. The number of nitrogens with zero attached hydrogens (tertiary/aromatic N) is 3. The number of carbonyl (C=O) groups excluding carboxylic acids is 1. The van der Waals surface area contributed by atoms with E-state index in [1.807, 2.05) is 38.1 Å². The third-order valence-corrected chi connectivity index (χ3v) is 5.99. The van der Waals surface area contributed by atoms with E-state index in [1.165, 1.54) is 12.1 Å². The summed E-state index contributed by atoms with van der Waals surface area (Å²) in [7, 11) is 0. The summed E-state index contributed by atoms with van der Waals surface area (Å²) < 4.78 is 19.3. The number of urea groups is 1. The standard InChI is InChI=1S/C26H20ClFN4O2/c1-15-3-13-21(14-4-15)32-16(2)22(23(29-26(32)33)17-7-11-20(28)12-8-17)25-30-24(31-34-25)18-5-9-19(27)10-6-18/h3-14,23H,1-2H3,(H,29,33). The lowest BCUT2D eigenvalue weighted by molar-refractivity contribution is 0.244. The molecule has 1 aromatic heterocycles. The number of rotatable bonds is 4. The van der Waals surface area contributed by atoms with Crippen LogP contribution in [0.15, 0.2) is 83.0 Å². The van der Waals surface area contributed by atoms with Crippen LogP contribution in [0.5, 0.6) is 0 Å². The molecule has 1 aliphatic heterocycles. The molecule has 34 heavy (non-hydrogen) atoms. The molecule has 0 saturated heterocycles. The monoisotopic (exact) mass is 474 g/mol. The normalized spacial score (nSPS) is 16.1. The zero-order chi connectivity index (χ0) is 23.8. The molecule has 1 atom stereocenters. The van der Waals surface area contributed by atoms with Crippen LogP contribution < -0.4 is 10.2 Å². The minimum atomic E-state index is -0.603. The third kappa shape index (κ3) is 4.06. The van der Waals surface area contributed by atoms with Gasteiger partial charge >= 0.3 is 6.03 Å². The molecule has 5 rings (SSSR count). The maximum Gasteiger partial charge on any atom is 0.326 e. The summed E-state index contributed by atoms with van der Waals surface area (Å²) in [5, 5.41) is 7.76. The van der Waals surface area contributed by atoms with Crippen molar-refractivity contribution in [1.29, 1.82) is 0 Å². The zero-order valence-electron chi connectivity index (χ0n) is 18.4. The van der Waals surface area contributed by atoms with Gasteiger partial charge in [0.15, 0.2) is 0 Å². The smallest absolute Gasteiger partial charge is 0.326 e. The predicted octanol–water partition coefficient (Wildman–Crippen LogP) is 6.54. The van der Waals surface area contributed by atoms with Crippen LogP contribution in [0.1, 0.15) is 30.0 Å². The predicted molar refractivity (Wildman–Crippen MR) is 129 cm³/mol. The summed E-state index contributed by atoms with van der Waals surface area (Å²) in [6, 6.07) is 19.8. The first kappa shape index (κ1) is 21.9. The van der Waals surface area contributed by atoms with Crippen molar-refractivity contribution < 1.29 is 13.7 Å². The minimum Gasteiger partial charge on any atom is -0.334 e. The van der Waals surface area contributed by atoms with Gasteiger partial charge in [-0.05, 0) is 67.9 Å². The van der Waals surface area contributed by atoms with Gasteiger partial charge in [0, 0.05) is 16.3 Å². The molecule has 0 bridgehead atoms. The van der Waals surface area contributed by atoms with Crippen molar-refractivity contribution in [2.24, 2.45) is 0 Å². The Balaban J connectivity index is 1.64. The van der Waals surface area contributed by atoms with Gasteiger partial charge in [0.2, 0.25) is 5.82 Å². The second kappa shape index (κ2) is 8.76. The molecule has 3 aromatic carbocycles. The van der Waals surface area contributed by atoms with E-state index in [9.17, 15) is 9.18 Å². The fourth-order valence-corrected chi connectivity index (χ4v) is 4.11. The van der Waals surface area contributed by atoms with E-state index < -0.39 is 6.04 Å². The molecule has 0 radical (unpaired) electrons. The highest BCUT2D eigenvalue weighted by molar-refractivity contribution is 6.30. The molecule has 170 valence electrons. The quantitative estimate of drug-likeness (QED) is 0.364. The van der Waals surface area contributed by atoms with Gasteiger partial charge in [-0.2, -0.15) is 4.98 Å². The summed E-state index contributed by atoms with van der Waals surface area (Å²) in [6.45, 7) is 3.81. The highest BCUT2D eigenvalue weighted by Gasteiger charge is 2.36. The lowest BCUT2D eigenvalue weighted by Gasteiger charge is -2.35. The second-order valence-electron chi connectivity index (χ2n) is 8.03. The average Bonchev–Trinajstić information content (AvgIpc) is 3.30. The van der Waals surface area contributed by atoms with Crippen molar-refractivity contribution in [2.75, 3.05) is 4.90 Å². The van der Waals surface area contributed by atoms with E-state index in [-0.39, 0.29) is 17.7 Å². The molecule has 0 spiro atoms. The summed E-state index contributed by atoms with van der Waals surface area (Å²) in [6.07, 6.45) is 0. The number of hydrogen-bond donors (Lipinski definition) is 1. The second-order valence-corrected chi connectivity index (χ2v) is 8.47. The maximum absolute atomic E-state index is 13.6. The summed E-state index contributed by atoms with van der Waals surface area (Å²) in [5.41, 5.74) is 4.47. The molecule has 1 aliphatic rings. The first-order chi connectivity index (χ1) is 16.4. The molecule has 0 fully saturated rings. The van der Waals surface area contributed by atoms with Crippen molar-refractivity contribution >= 4 is 28.9 Å². The number of anilines is 1. The average molecular weight is 475 g/mol. The highest BCUT2D eigenvalue weighted by Crippen LogP contribution is 2.39. The largest absolute Gasteiger partial charge is 0.334 e. The molecular weight excluding hydrogens is 455 g/mol. The van der Waals surface area contributed by atoms with Crippen molar-refractivity contribution in [3.05, 3.63) is 106 Å². The third-order valence-electron chi connectivity index (χ3n) is 5.74. The van der Waals surface area contributed by atoms with Gasteiger partial charge in [-0.25, -0.2) is 9.18 Å². The van der Waals surface area contributed by atoms with Gasteiger partial charge in [-0.1, -0.05) is 46.6 Å². The molecule has 0 saturated carbocycles. The van der Waals surface area contributed by atoms with Gasteiger partial charge in [0.05, 0.1) is 17.3 Å². The Labute approximate surface area is 200 Å². The first-order valence-corrected chi connectivity index (χ1v) is 11.0. The number of aryl methyl sites for hydroxylation is 1. The van der Waals surface area contributed by atoms with Crippen LogP contribution in [0.2, 0.25) is 5.02 Å². The lowest BCUT2D eigenvalue weighted by Crippen LogP contribution is -2.46. The number of hydrogen-bond acceptors (Lipinski definition) is 4. The number of benzene rings is 3. The number of amides is 2. The Hall–Kier alpha value is -3.97. The van der Waals surface area contributed by atoms with Gasteiger partial charge in [-0.15, -0.1) is 0 Å². The lowest BCUT2D eigenvalue weighted by atomic mass is 9.94. The molecule has 1 unspecified atom stereocenters. The van der Waals surface area contributed by atoms with Crippen molar-refractivity contribution in [3.63, 3.8) is 0 Å². The van der Waals surface area contributed by atoms with Gasteiger partial charge < -0.3 is 9.84 Å². The fraction of sp³-hybridized carbons (Fsp3) is 0.115. The van der Waals surface area contributed by atoms with Crippen molar-refractivity contribution in [1.82, 2.24) is 15.5 Å². The minimum absolute atomic E-state index is 0.258. The highest BCUT2D eigenvalue weighted by atomic mass is 35.5. The molecule has 1 N–H and O–H groups in total. The first-order valence-electron chi connectivity index (χ1n) is 10.6. The Morgan fingerprint density at radius 2 is 1.65 bits per heavy atom. The Bertz CT molecular complexity index is 1380. The van der Waals surface area contributed by atoms with Crippen LogP contribution in [0.25, 0.3) is 17.0 Å². The molecule has 6 nitrogen and oxygen atoms in total. The summed E-state index contributed by atoms with van der Waals surface area (Å²) in [4.78, 5) is 19.4. The molecule has 4 aromatic rings. The number of halogens is 2. The van der Waals surface area contributed by atoms with E-state index in [2.05, 4.69) is 15.5 Å². The van der Waals surface area contributed by atoms with Gasteiger partial charge in [0.25, 0.3) is 5.89 Å². The van der Waals surface area contributed by atoms with Gasteiger partial charge in [-0.3, -0.25) is 4.90 Å². The Morgan fingerprint density at radius 1 is 0.971 bits per heavy atom. The number of allylic oxidation sites excluding steroid dienone is 1. The van der Waals surface area contributed by atoms with Crippen LogP contribution in [0.3, 0.4) is 0 Å². The zero-order valence-corrected chi connectivity index (χ0v) is 19.2. The van der Waals surface area contributed by atoms with E-state index in [0.29, 0.717) is 33.4 Å². The Morgan fingerprint density at radius 3 is 2.32 bits per heavy atom. The van der Waals surface area contributed by atoms with Crippen LogP contribution >= 0.6 is 11.6 Å². The molecule has 8 heteroatoms. The number of nitrogens with one attached hydrogen (secondary N) is 1. The van der Waals surface area contributed by atoms with E-state index >= 15 is 0 Å². The molecule has 0 aliphatic carbocycles. The van der Waals surface area contributed by atoms with Crippen molar-refractivity contribution in [2.45, 2.75) is 19.9 Å². The van der Waals surface area contributed by atoms with Crippen LogP contribution in [-0.2, 0) is 0 Å². The number of aromatic nitrogens is 2. The molecule has 2 amide bonds. The molecule has 2 heterocycles. The Kier molecular flexibility index (Phi) is 5.63. The van der Waals surface area contributed by atoms with Crippen LogP contribution in [-0.4, -0.2) is 16.2 Å². The fourth-order valence-electron chi connectivity index (χ4n) is 3.98.